The molecule has 1 aliphatic heterocycles. The normalized spacial score (nSPS) is 15.0. The summed E-state index contributed by atoms with van der Waals surface area (Å²) in [5, 5.41) is 0. The third kappa shape index (κ3) is 3.88. The van der Waals surface area contributed by atoms with E-state index in [4.69, 9.17) is 0 Å². The Morgan fingerprint density at radius 2 is 1.89 bits per heavy atom. The Hall–Kier alpha value is -1.83. The summed E-state index contributed by atoms with van der Waals surface area (Å²) in [6.45, 7) is 3.94. The van der Waals surface area contributed by atoms with Crippen molar-refractivity contribution in [2.75, 3.05) is 0 Å². The lowest BCUT2D eigenvalue weighted by atomic mass is 9.94. The summed E-state index contributed by atoms with van der Waals surface area (Å²) in [5.41, 5.74) is 1.38. The van der Waals surface area contributed by atoms with Crippen molar-refractivity contribution in [3.8, 4) is 0 Å². The van der Waals surface area contributed by atoms with E-state index >= 15 is 0 Å². The molecule has 2 rings (SSSR count). The van der Waals surface area contributed by atoms with Crippen LogP contribution in [-0.4, -0.2) is 12.4 Å². The fraction of sp³-hybridized carbons (Fsp3) is 0.312. The van der Waals surface area contributed by atoms with Crippen LogP contribution in [0.3, 0.4) is 0 Å². The average Bonchev–Trinajstić information content (AvgIpc) is 2.92. The van der Waals surface area contributed by atoms with Crippen LogP contribution in [-0.2, 0) is 6.42 Å². The number of allylic oxidation sites excluding steroid dienone is 1. The second-order valence-electron chi connectivity index (χ2n) is 4.55. The van der Waals surface area contributed by atoms with Gasteiger partial charge in [-0.2, -0.15) is 0 Å². The van der Waals surface area contributed by atoms with E-state index in [-0.39, 0.29) is 0 Å². The van der Waals surface area contributed by atoms with Crippen LogP contribution >= 0.6 is 0 Å². The third-order valence-electron chi connectivity index (χ3n) is 3.16. The van der Waals surface area contributed by atoms with Crippen molar-refractivity contribution in [1.29, 1.82) is 0 Å². The van der Waals surface area contributed by atoms with Crippen molar-refractivity contribution < 1.29 is 0 Å². The van der Waals surface area contributed by atoms with E-state index in [1.807, 2.05) is 0 Å². The highest BCUT2D eigenvalue weighted by atomic mass is 15.0. The van der Waals surface area contributed by atoms with Gasteiger partial charge in [-0.25, -0.2) is 0 Å². The van der Waals surface area contributed by atoms with Gasteiger partial charge in [0.15, 0.2) is 12.4 Å². The van der Waals surface area contributed by atoms with Crippen LogP contribution in [0.25, 0.3) is 0 Å². The first-order valence-corrected chi connectivity index (χ1v) is 6.47. The first-order chi connectivity index (χ1) is 8.88. The molecular formula is C16H19N2+. The number of benzene rings is 1. The first kappa shape index (κ1) is 12.6. The Labute approximate surface area is 109 Å². The van der Waals surface area contributed by atoms with Gasteiger partial charge >= 0.3 is 0 Å². The molecule has 2 nitrogen and oxygen atoms in total. The van der Waals surface area contributed by atoms with Gasteiger partial charge in [-0.05, 0) is 30.7 Å². The molecule has 2 heteroatoms. The Kier molecular flexibility index (Phi) is 4.77. The lowest BCUT2D eigenvalue weighted by Crippen LogP contribution is -2.02. The minimum atomic E-state index is 0.544. The Morgan fingerprint density at radius 1 is 1.17 bits per heavy atom. The van der Waals surface area contributed by atoms with E-state index < -0.39 is 0 Å². The van der Waals surface area contributed by atoms with Gasteiger partial charge in [0.2, 0.25) is 6.17 Å². The predicted octanol–water partition coefficient (Wildman–Crippen LogP) is 3.85. The SMILES string of the molecule is C=CC(CCC[C+]1N=CC=N1)Cc1ccccc1. The summed E-state index contributed by atoms with van der Waals surface area (Å²) in [6.07, 6.45) is 10.8. The molecular weight excluding hydrogens is 220 g/mol. The molecule has 0 radical (unpaired) electrons. The van der Waals surface area contributed by atoms with Gasteiger partial charge in [0.25, 0.3) is 0 Å². The smallest absolute Gasteiger partial charge is 0.103 e. The van der Waals surface area contributed by atoms with Gasteiger partial charge in [-0.3, -0.25) is 0 Å². The largest absolute Gasteiger partial charge is 0.240 e. The highest BCUT2D eigenvalue weighted by Gasteiger charge is 2.16. The second kappa shape index (κ2) is 6.80. The molecule has 0 aliphatic carbocycles. The van der Waals surface area contributed by atoms with Crippen LogP contribution in [0.5, 0.6) is 0 Å². The lowest BCUT2D eigenvalue weighted by molar-refractivity contribution is 0.544. The molecule has 0 N–H and O–H groups in total. The van der Waals surface area contributed by atoms with Crippen molar-refractivity contribution in [3.05, 3.63) is 54.7 Å². The van der Waals surface area contributed by atoms with Crippen molar-refractivity contribution in [2.45, 2.75) is 25.7 Å². The van der Waals surface area contributed by atoms with Gasteiger partial charge in [0, 0.05) is 0 Å². The monoisotopic (exact) mass is 239 g/mol. The molecule has 1 atom stereocenters. The summed E-state index contributed by atoms with van der Waals surface area (Å²) in [7, 11) is 0. The van der Waals surface area contributed by atoms with E-state index in [1.54, 1.807) is 12.4 Å². The van der Waals surface area contributed by atoms with Gasteiger partial charge in [-0.1, -0.05) is 46.4 Å². The van der Waals surface area contributed by atoms with Crippen LogP contribution in [0.1, 0.15) is 24.8 Å². The van der Waals surface area contributed by atoms with E-state index in [9.17, 15) is 0 Å². The third-order valence-corrected chi connectivity index (χ3v) is 3.16. The molecule has 1 unspecified atom stereocenters. The topological polar surface area (TPSA) is 24.7 Å². The molecule has 18 heavy (non-hydrogen) atoms. The second-order valence-corrected chi connectivity index (χ2v) is 4.55. The Bertz CT molecular complexity index is 408. The van der Waals surface area contributed by atoms with Gasteiger partial charge in [0.05, 0.1) is 6.42 Å². The maximum absolute atomic E-state index is 4.19. The van der Waals surface area contributed by atoms with Crippen molar-refractivity contribution in [1.82, 2.24) is 0 Å². The van der Waals surface area contributed by atoms with Crippen LogP contribution in [0.4, 0.5) is 0 Å². The number of hydrogen-bond acceptors (Lipinski definition) is 2. The zero-order valence-corrected chi connectivity index (χ0v) is 10.6. The molecule has 1 aromatic carbocycles. The van der Waals surface area contributed by atoms with Gasteiger partial charge in [-0.15, -0.1) is 6.58 Å². The minimum absolute atomic E-state index is 0.544. The molecule has 0 fully saturated rings. The zero-order valence-electron chi connectivity index (χ0n) is 10.6. The first-order valence-electron chi connectivity index (χ1n) is 6.47. The maximum atomic E-state index is 4.19. The van der Waals surface area contributed by atoms with Crippen LogP contribution in [0.2, 0.25) is 0 Å². The molecule has 0 bridgehead atoms. The van der Waals surface area contributed by atoms with Crippen molar-refractivity contribution in [2.24, 2.45) is 15.9 Å². The van der Waals surface area contributed by atoms with E-state index in [1.165, 1.54) is 5.56 Å². The average molecular weight is 239 g/mol. The highest BCUT2D eigenvalue weighted by Crippen LogP contribution is 2.21. The molecule has 0 saturated heterocycles. The highest BCUT2D eigenvalue weighted by molar-refractivity contribution is 6.18. The fourth-order valence-corrected chi connectivity index (χ4v) is 2.14. The number of aliphatic imine (C=N–C) groups is 2. The van der Waals surface area contributed by atoms with Crippen LogP contribution in [0.15, 0.2) is 53.0 Å². The number of nitrogens with zero attached hydrogens (tertiary/aromatic N) is 2. The van der Waals surface area contributed by atoms with Crippen molar-refractivity contribution in [3.63, 3.8) is 0 Å². The van der Waals surface area contributed by atoms with Crippen molar-refractivity contribution >= 4 is 12.4 Å². The summed E-state index contributed by atoms with van der Waals surface area (Å²) in [5.74, 6) is 0.544. The molecule has 1 heterocycles. The molecule has 0 saturated carbocycles. The van der Waals surface area contributed by atoms with Crippen LogP contribution < -0.4 is 0 Å². The number of hydrogen-bond donors (Lipinski definition) is 0. The predicted molar refractivity (Wildman–Crippen MR) is 77.9 cm³/mol. The summed E-state index contributed by atoms with van der Waals surface area (Å²) in [6, 6.07) is 10.6. The lowest BCUT2D eigenvalue weighted by Gasteiger charge is -2.11. The van der Waals surface area contributed by atoms with Gasteiger partial charge < -0.3 is 0 Å². The Morgan fingerprint density at radius 3 is 2.56 bits per heavy atom. The van der Waals surface area contributed by atoms with Gasteiger partial charge in [0.1, 0.15) is 0 Å². The van der Waals surface area contributed by atoms with Crippen LogP contribution in [0, 0.1) is 12.1 Å². The standard InChI is InChI=1S/C16H19N2/c1-2-14(13-15-7-4-3-5-8-15)9-6-10-16-17-11-12-18-16/h2-5,7-8,11-12,14H,1,6,9-10,13H2/q+1. The zero-order chi connectivity index (χ0) is 12.6. The molecule has 0 spiro atoms. The van der Waals surface area contributed by atoms with E-state index in [0.29, 0.717) is 5.92 Å². The minimum Gasteiger partial charge on any atom is -0.103 e. The number of rotatable bonds is 7. The quantitative estimate of drug-likeness (QED) is 0.510. The molecule has 0 aromatic heterocycles. The summed E-state index contributed by atoms with van der Waals surface area (Å²) in [4.78, 5) is 8.37. The molecule has 1 aliphatic rings. The van der Waals surface area contributed by atoms with E-state index in [0.717, 1.165) is 31.8 Å². The fourth-order valence-electron chi connectivity index (χ4n) is 2.14. The summed E-state index contributed by atoms with van der Waals surface area (Å²) < 4.78 is 0. The molecule has 1 aromatic rings. The Balaban J connectivity index is 1.73. The molecule has 92 valence electrons. The van der Waals surface area contributed by atoms with E-state index in [2.05, 4.69) is 53.0 Å². The summed E-state index contributed by atoms with van der Waals surface area (Å²) >= 11 is 0. The maximum Gasteiger partial charge on any atom is 0.240 e. The molecule has 0 amide bonds.